The number of anilines is 2. The van der Waals surface area contributed by atoms with Gasteiger partial charge in [-0.25, -0.2) is 17.9 Å². The van der Waals surface area contributed by atoms with Gasteiger partial charge in [0.05, 0.1) is 0 Å². The molecule has 2 heterocycles. The van der Waals surface area contributed by atoms with Crippen molar-refractivity contribution in [2.45, 2.75) is 62.6 Å². The van der Waals surface area contributed by atoms with Crippen molar-refractivity contribution in [1.82, 2.24) is 24.4 Å². The molecule has 3 aliphatic rings. The van der Waals surface area contributed by atoms with Crippen molar-refractivity contribution in [2.75, 3.05) is 32.5 Å². The molecule has 0 spiro atoms. The van der Waals surface area contributed by atoms with Crippen LogP contribution in [0.1, 0.15) is 47.9 Å². The van der Waals surface area contributed by atoms with Crippen molar-refractivity contribution >= 4 is 21.7 Å². The van der Waals surface area contributed by atoms with Crippen LogP contribution in [-0.4, -0.2) is 66.0 Å². The number of nitrogens with zero attached hydrogens (tertiary/aromatic N) is 4. The molecule has 1 aromatic heterocycles. The lowest BCUT2D eigenvalue weighted by Gasteiger charge is -2.33. The third-order valence-corrected chi connectivity index (χ3v) is 8.73. The highest BCUT2D eigenvalue weighted by Crippen LogP contribution is 2.41. The number of rotatable bonds is 5. The maximum absolute atomic E-state index is 14.9. The maximum Gasteiger partial charge on any atom is 0.278 e. The molecule has 1 fully saturated rings. The van der Waals surface area contributed by atoms with Gasteiger partial charge in [0.15, 0.2) is 0 Å². The van der Waals surface area contributed by atoms with Gasteiger partial charge in [-0.05, 0) is 87.7 Å². The van der Waals surface area contributed by atoms with E-state index in [1.807, 2.05) is 14.1 Å². The molecule has 0 atom stereocenters. The molecule has 5 rings (SSSR count). The zero-order valence-electron chi connectivity index (χ0n) is 18.0. The SMILES string of the molecule is CN(C)C1CCN(S(=O)(=O)c2nc(Nc3c4c(c(F)c5c3CCC5)CCC4)n[nH]2)CC1. The van der Waals surface area contributed by atoms with Crippen LogP contribution in [0.15, 0.2) is 5.16 Å². The Morgan fingerprint density at radius 1 is 1.03 bits per heavy atom. The predicted octanol–water partition coefficient (Wildman–Crippen LogP) is 2.38. The normalized spacial score (nSPS) is 19.7. The predicted molar refractivity (Wildman–Crippen MR) is 116 cm³/mol. The van der Waals surface area contributed by atoms with Gasteiger partial charge < -0.3 is 10.2 Å². The molecule has 1 saturated heterocycles. The highest BCUT2D eigenvalue weighted by molar-refractivity contribution is 7.88. The first kappa shape index (κ1) is 20.8. The van der Waals surface area contributed by atoms with E-state index in [1.54, 1.807) is 0 Å². The molecule has 8 nitrogen and oxygen atoms in total. The molecule has 0 radical (unpaired) electrons. The van der Waals surface area contributed by atoms with Crippen LogP contribution in [0, 0.1) is 5.82 Å². The molecule has 1 aromatic carbocycles. The van der Waals surface area contributed by atoms with Gasteiger partial charge in [0.25, 0.3) is 15.2 Å². The molecular weight excluding hydrogens is 419 g/mol. The summed E-state index contributed by atoms with van der Waals surface area (Å²) in [6, 6.07) is 0.390. The van der Waals surface area contributed by atoms with E-state index in [0.717, 1.165) is 79.3 Å². The number of aromatic nitrogens is 3. The lowest BCUT2D eigenvalue weighted by molar-refractivity contribution is 0.196. The van der Waals surface area contributed by atoms with Gasteiger partial charge in [0, 0.05) is 24.8 Å². The molecule has 2 aliphatic carbocycles. The topological polar surface area (TPSA) is 94.2 Å². The second-order valence-corrected chi connectivity index (χ2v) is 10.9. The Hall–Kier alpha value is -2.04. The summed E-state index contributed by atoms with van der Waals surface area (Å²) in [6.45, 7) is 0.932. The minimum atomic E-state index is -3.73. The molecule has 1 aliphatic heterocycles. The lowest BCUT2D eigenvalue weighted by Crippen LogP contribution is -2.44. The van der Waals surface area contributed by atoms with E-state index in [4.69, 9.17) is 0 Å². The number of nitrogens with one attached hydrogen (secondary N) is 2. The highest BCUT2D eigenvalue weighted by Gasteiger charge is 2.33. The highest BCUT2D eigenvalue weighted by atomic mass is 32.2. The first-order valence-corrected chi connectivity index (χ1v) is 12.5. The van der Waals surface area contributed by atoms with Gasteiger partial charge in [-0.3, -0.25) is 0 Å². The summed E-state index contributed by atoms with van der Waals surface area (Å²) in [5, 5.41) is 9.84. The second-order valence-electron chi connectivity index (χ2n) is 9.00. The number of H-pyrrole nitrogens is 1. The van der Waals surface area contributed by atoms with Gasteiger partial charge in [-0.2, -0.15) is 9.29 Å². The van der Waals surface area contributed by atoms with Crippen LogP contribution in [-0.2, 0) is 35.7 Å². The van der Waals surface area contributed by atoms with E-state index in [0.29, 0.717) is 19.1 Å². The van der Waals surface area contributed by atoms with E-state index < -0.39 is 10.0 Å². The quantitative estimate of drug-likeness (QED) is 0.729. The number of hydrogen-bond donors (Lipinski definition) is 2. The molecular formula is C21H29FN6O2S. The van der Waals surface area contributed by atoms with Crippen molar-refractivity contribution in [3.63, 3.8) is 0 Å². The fraction of sp³-hybridized carbons (Fsp3) is 0.619. The summed E-state index contributed by atoms with van der Waals surface area (Å²) < 4.78 is 42.5. The minimum absolute atomic E-state index is 0.0371. The number of halogens is 1. The molecule has 0 bridgehead atoms. The van der Waals surface area contributed by atoms with Gasteiger partial charge >= 0.3 is 0 Å². The Bertz CT molecular complexity index is 1070. The van der Waals surface area contributed by atoms with Crippen LogP contribution in [0.2, 0.25) is 0 Å². The Morgan fingerprint density at radius 3 is 2.19 bits per heavy atom. The number of sulfonamides is 1. The van der Waals surface area contributed by atoms with Crippen LogP contribution >= 0.6 is 0 Å². The van der Waals surface area contributed by atoms with E-state index in [2.05, 4.69) is 25.4 Å². The number of aromatic amines is 1. The zero-order valence-corrected chi connectivity index (χ0v) is 18.9. The molecule has 2 aromatic rings. The van der Waals surface area contributed by atoms with Crippen molar-refractivity contribution in [3.05, 3.63) is 28.1 Å². The molecule has 0 amide bonds. The third kappa shape index (κ3) is 3.54. The molecule has 0 saturated carbocycles. The number of fused-ring (bicyclic) bond motifs is 2. The van der Waals surface area contributed by atoms with Crippen LogP contribution in [0.4, 0.5) is 16.0 Å². The Balaban J connectivity index is 1.39. The number of hydrogen-bond acceptors (Lipinski definition) is 6. The van der Waals surface area contributed by atoms with Crippen LogP contribution in [0.3, 0.4) is 0 Å². The van der Waals surface area contributed by atoms with E-state index >= 15 is 0 Å². The van der Waals surface area contributed by atoms with Crippen molar-refractivity contribution < 1.29 is 12.8 Å². The van der Waals surface area contributed by atoms with Gasteiger partial charge in [0.1, 0.15) is 5.82 Å². The summed E-state index contributed by atoms with van der Waals surface area (Å²) in [6.07, 6.45) is 6.58. The molecule has 0 unspecified atom stereocenters. The Morgan fingerprint density at radius 2 is 1.61 bits per heavy atom. The smallest absolute Gasteiger partial charge is 0.278 e. The summed E-state index contributed by atoms with van der Waals surface area (Å²) in [4.78, 5) is 6.41. The van der Waals surface area contributed by atoms with E-state index in [-0.39, 0.29) is 16.9 Å². The zero-order chi connectivity index (χ0) is 21.8. The van der Waals surface area contributed by atoms with Crippen molar-refractivity contribution in [1.29, 1.82) is 0 Å². The summed E-state index contributed by atoms with van der Waals surface area (Å²) in [7, 11) is 0.313. The largest absolute Gasteiger partial charge is 0.322 e. The van der Waals surface area contributed by atoms with Crippen molar-refractivity contribution in [3.8, 4) is 0 Å². The lowest BCUT2D eigenvalue weighted by atomic mass is 9.98. The fourth-order valence-electron chi connectivity index (χ4n) is 5.29. The molecule has 2 N–H and O–H groups in total. The summed E-state index contributed by atoms with van der Waals surface area (Å²) in [5.41, 5.74) is 4.48. The summed E-state index contributed by atoms with van der Waals surface area (Å²) in [5.74, 6) is 0.182. The second kappa shape index (κ2) is 7.83. The molecule has 10 heteroatoms. The van der Waals surface area contributed by atoms with Gasteiger partial charge in [-0.15, -0.1) is 5.10 Å². The average molecular weight is 449 g/mol. The average Bonchev–Trinajstić information content (AvgIpc) is 3.51. The van der Waals surface area contributed by atoms with Crippen LogP contribution < -0.4 is 5.32 Å². The fourth-order valence-corrected chi connectivity index (χ4v) is 6.59. The van der Waals surface area contributed by atoms with E-state index in [9.17, 15) is 12.8 Å². The molecule has 31 heavy (non-hydrogen) atoms. The van der Waals surface area contributed by atoms with Gasteiger partial charge in [-0.1, -0.05) is 0 Å². The monoisotopic (exact) mass is 448 g/mol. The number of benzene rings is 1. The Labute approximate surface area is 182 Å². The van der Waals surface area contributed by atoms with Crippen LogP contribution in [0.5, 0.6) is 0 Å². The van der Waals surface area contributed by atoms with E-state index in [1.165, 1.54) is 4.31 Å². The van der Waals surface area contributed by atoms with Gasteiger partial charge in [0.2, 0.25) is 5.95 Å². The first-order chi connectivity index (χ1) is 14.9. The molecule has 168 valence electrons. The third-order valence-electron chi connectivity index (χ3n) is 7.01. The Kier molecular flexibility index (Phi) is 5.26. The standard InChI is InChI=1S/C21H29FN6O2S/c1-27(2)13-9-11-28(12-10-13)31(29,30)21-24-20(25-26-21)23-19-16-7-3-5-14(16)18(22)15-6-4-8-17(15)19/h13H,3-12H2,1-2H3,(H2,23,24,25,26). The first-order valence-electron chi connectivity index (χ1n) is 11.1. The minimum Gasteiger partial charge on any atom is -0.322 e. The maximum atomic E-state index is 14.9. The number of piperidine rings is 1. The summed E-state index contributed by atoms with van der Waals surface area (Å²) >= 11 is 0. The van der Waals surface area contributed by atoms with Crippen LogP contribution in [0.25, 0.3) is 0 Å². The van der Waals surface area contributed by atoms with Crippen molar-refractivity contribution in [2.24, 2.45) is 0 Å².